The highest BCUT2D eigenvalue weighted by Gasteiger charge is 2.59. The average Bonchev–Trinajstić information content (AvgIpc) is 3.49. The van der Waals surface area contributed by atoms with Crippen LogP contribution >= 0.6 is 0 Å². The summed E-state index contributed by atoms with van der Waals surface area (Å²) in [5.74, 6) is -1.54. The molecule has 8 unspecified atom stereocenters. The van der Waals surface area contributed by atoms with Crippen molar-refractivity contribution in [2.45, 2.75) is 38.3 Å². The molecule has 4 fully saturated rings. The second kappa shape index (κ2) is 6.38. The van der Waals surface area contributed by atoms with Crippen LogP contribution in [-0.4, -0.2) is 60.0 Å². The number of ether oxygens (including phenoxy) is 2. The van der Waals surface area contributed by atoms with Gasteiger partial charge in [0.15, 0.2) is 0 Å². The van der Waals surface area contributed by atoms with Gasteiger partial charge in [-0.05, 0) is 0 Å². The van der Waals surface area contributed by atoms with E-state index < -0.39 is 0 Å². The van der Waals surface area contributed by atoms with Gasteiger partial charge in [-0.1, -0.05) is 38.2 Å². The van der Waals surface area contributed by atoms with Crippen molar-refractivity contribution in [2.24, 2.45) is 23.7 Å². The molecule has 0 saturated carbocycles. The summed E-state index contributed by atoms with van der Waals surface area (Å²) >= 11 is 0. The third kappa shape index (κ3) is 2.43. The third-order valence-electron chi connectivity index (χ3n) is 5.88. The standard InChI is InChI=1S/C9H9NO3.C8H7NO3.C2H6/c1-10-8(11)6-4-2-3-5(13-4)7(6)9(10)12;10-7-5-3-1-2-4(12-3)6(5)8(11)9-7;1-2/h2-7H,1H3;1-6H,(H,9,10,11);1-2H3. The monoisotopic (exact) mass is 374 g/mol. The molecule has 4 amide bonds. The lowest BCUT2D eigenvalue weighted by atomic mass is 9.85. The second-order valence-electron chi connectivity index (χ2n) is 7.09. The number of nitrogens with one attached hydrogen (secondary N) is 1. The fourth-order valence-electron chi connectivity index (χ4n) is 4.67. The van der Waals surface area contributed by atoms with Crippen molar-refractivity contribution < 1.29 is 28.7 Å². The number of carbonyl (C=O) groups excluding carboxylic acids is 4. The Bertz CT molecular complexity index is 716. The highest BCUT2D eigenvalue weighted by atomic mass is 16.5. The molecule has 0 aromatic carbocycles. The largest absolute Gasteiger partial charge is 0.365 e. The van der Waals surface area contributed by atoms with Gasteiger partial charge in [-0.3, -0.25) is 29.4 Å². The molecule has 27 heavy (non-hydrogen) atoms. The van der Waals surface area contributed by atoms with Crippen LogP contribution < -0.4 is 5.32 Å². The van der Waals surface area contributed by atoms with Gasteiger partial charge in [0.05, 0.1) is 48.1 Å². The molecule has 0 aliphatic carbocycles. The summed E-state index contributed by atoms with van der Waals surface area (Å²) in [6.45, 7) is 4.00. The molecule has 0 aromatic heterocycles. The first-order valence-corrected chi connectivity index (χ1v) is 9.31. The molecule has 6 rings (SSSR count). The number of nitrogens with zero attached hydrogens (tertiary/aromatic N) is 1. The average molecular weight is 374 g/mol. The number of hydrogen-bond donors (Lipinski definition) is 1. The Morgan fingerprint density at radius 3 is 1.41 bits per heavy atom. The van der Waals surface area contributed by atoms with Crippen molar-refractivity contribution >= 4 is 23.6 Å². The molecular formula is C19H22N2O6. The molecule has 144 valence electrons. The van der Waals surface area contributed by atoms with Crippen LogP contribution in [0.2, 0.25) is 0 Å². The van der Waals surface area contributed by atoms with Crippen LogP contribution in [0, 0.1) is 23.7 Å². The van der Waals surface area contributed by atoms with Crippen LogP contribution in [0.4, 0.5) is 0 Å². The van der Waals surface area contributed by atoms with Crippen molar-refractivity contribution in [3.63, 3.8) is 0 Å². The number of amides is 4. The van der Waals surface area contributed by atoms with Gasteiger partial charge in [0, 0.05) is 7.05 Å². The Kier molecular flexibility index (Phi) is 4.27. The number of likely N-dealkylation sites (tertiary alicyclic amines) is 1. The van der Waals surface area contributed by atoms with Crippen LogP contribution in [0.15, 0.2) is 24.3 Å². The van der Waals surface area contributed by atoms with Crippen LogP contribution in [0.3, 0.4) is 0 Å². The molecule has 8 atom stereocenters. The van der Waals surface area contributed by atoms with Gasteiger partial charge < -0.3 is 9.47 Å². The molecule has 6 heterocycles. The molecular weight excluding hydrogens is 352 g/mol. The van der Waals surface area contributed by atoms with E-state index in [9.17, 15) is 19.2 Å². The first-order valence-electron chi connectivity index (χ1n) is 9.31. The predicted molar refractivity (Wildman–Crippen MR) is 91.8 cm³/mol. The van der Waals surface area contributed by atoms with Gasteiger partial charge in [0.25, 0.3) is 0 Å². The Hall–Kier alpha value is -2.32. The number of carbonyl (C=O) groups is 4. The summed E-state index contributed by atoms with van der Waals surface area (Å²) in [4.78, 5) is 46.8. The Morgan fingerprint density at radius 1 is 0.704 bits per heavy atom. The lowest BCUT2D eigenvalue weighted by molar-refractivity contribution is -0.140. The quantitative estimate of drug-likeness (QED) is 0.465. The van der Waals surface area contributed by atoms with Gasteiger partial charge in [0.1, 0.15) is 0 Å². The summed E-state index contributed by atoms with van der Waals surface area (Å²) in [5.41, 5.74) is 0. The van der Waals surface area contributed by atoms with Crippen molar-refractivity contribution in [1.29, 1.82) is 0 Å². The topological polar surface area (TPSA) is 102 Å². The summed E-state index contributed by atoms with van der Waals surface area (Å²) in [6.07, 6.45) is 6.87. The van der Waals surface area contributed by atoms with Crippen molar-refractivity contribution in [2.75, 3.05) is 7.05 Å². The molecule has 6 aliphatic heterocycles. The number of rotatable bonds is 0. The summed E-state index contributed by atoms with van der Waals surface area (Å²) in [6, 6.07) is 0. The number of fused-ring (bicyclic) bond motifs is 10. The summed E-state index contributed by atoms with van der Waals surface area (Å²) in [5, 5.41) is 2.32. The predicted octanol–water partition coefficient (Wildman–Crippen LogP) is -0.207. The van der Waals surface area contributed by atoms with Crippen LogP contribution in [0.25, 0.3) is 0 Å². The van der Waals surface area contributed by atoms with Gasteiger partial charge >= 0.3 is 0 Å². The van der Waals surface area contributed by atoms with E-state index in [0.717, 1.165) is 0 Å². The first kappa shape index (κ1) is 18.1. The summed E-state index contributed by atoms with van der Waals surface area (Å²) < 4.78 is 10.8. The Morgan fingerprint density at radius 2 is 1.04 bits per heavy atom. The third-order valence-corrected chi connectivity index (χ3v) is 5.88. The van der Waals surface area contributed by atoms with Gasteiger partial charge in [-0.2, -0.15) is 0 Å². The van der Waals surface area contributed by atoms with Crippen molar-refractivity contribution in [3.8, 4) is 0 Å². The van der Waals surface area contributed by atoms with E-state index in [2.05, 4.69) is 5.32 Å². The fraction of sp³-hybridized carbons (Fsp3) is 0.579. The normalized spacial score (nSPS) is 44.0. The Labute approximate surface area is 156 Å². The maximum atomic E-state index is 11.6. The second-order valence-corrected chi connectivity index (χ2v) is 7.09. The first-order chi connectivity index (χ1) is 13.0. The van der Waals surface area contributed by atoms with E-state index in [1.54, 1.807) is 7.05 Å². The molecule has 0 radical (unpaired) electrons. The molecule has 4 bridgehead atoms. The lowest BCUT2D eigenvalue weighted by Gasteiger charge is -2.10. The minimum atomic E-state index is -0.257. The SMILES string of the molecule is CC.CN1C(=O)C2C3C=CC(O3)C2C1=O.O=C1NC(=O)C2C3C=CC(O3)C12. The number of imide groups is 2. The maximum Gasteiger partial charge on any atom is 0.235 e. The molecule has 6 aliphatic rings. The molecule has 8 nitrogen and oxygen atoms in total. The minimum Gasteiger partial charge on any atom is -0.365 e. The zero-order valence-corrected chi connectivity index (χ0v) is 15.3. The Balaban J connectivity index is 0.000000123. The van der Waals surface area contributed by atoms with Gasteiger partial charge in [0.2, 0.25) is 23.6 Å². The van der Waals surface area contributed by atoms with E-state index in [1.165, 1.54) is 4.90 Å². The highest BCUT2D eigenvalue weighted by molar-refractivity contribution is 6.07. The van der Waals surface area contributed by atoms with E-state index in [4.69, 9.17) is 9.47 Å². The van der Waals surface area contributed by atoms with Crippen molar-refractivity contribution in [1.82, 2.24) is 10.2 Å². The zero-order valence-electron chi connectivity index (χ0n) is 15.3. The van der Waals surface area contributed by atoms with E-state index in [0.29, 0.717) is 0 Å². The number of hydrogen-bond acceptors (Lipinski definition) is 6. The van der Waals surface area contributed by atoms with Gasteiger partial charge in [-0.15, -0.1) is 0 Å². The maximum absolute atomic E-state index is 11.6. The smallest absolute Gasteiger partial charge is 0.235 e. The molecule has 4 saturated heterocycles. The highest BCUT2D eigenvalue weighted by Crippen LogP contribution is 2.44. The molecule has 0 spiro atoms. The van der Waals surface area contributed by atoms with Gasteiger partial charge in [-0.25, -0.2) is 0 Å². The molecule has 0 aromatic rings. The van der Waals surface area contributed by atoms with Crippen molar-refractivity contribution in [3.05, 3.63) is 24.3 Å². The van der Waals surface area contributed by atoms with Crippen LogP contribution in [0.5, 0.6) is 0 Å². The van der Waals surface area contributed by atoms with E-state index in [1.807, 2.05) is 38.2 Å². The van der Waals surface area contributed by atoms with E-state index >= 15 is 0 Å². The molecule has 8 heteroatoms. The zero-order chi connectivity index (χ0) is 19.5. The van der Waals surface area contributed by atoms with E-state index in [-0.39, 0.29) is 71.7 Å². The lowest BCUT2D eigenvalue weighted by Crippen LogP contribution is -2.30. The molecule has 1 N–H and O–H groups in total. The van der Waals surface area contributed by atoms with Crippen LogP contribution in [0.1, 0.15) is 13.8 Å². The summed E-state index contributed by atoms with van der Waals surface area (Å²) in [7, 11) is 1.54. The fourth-order valence-corrected chi connectivity index (χ4v) is 4.67. The van der Waals surface area contributed by atoms with Crippen LogP contribution in [-0.2, 0) is 28.7 Å². The minimum absolute atomic E-state index is 0.0909.